The zero-order valence-corrected chi connectivity index (χ0v) is 12.5. The highest BCUT2D eigenvalue weighted by atomic mass is 16.4. The largest absolute Gasteiger partial charge is 0.481 e. The number of nitrogens with zero attached hydrogens (tertiary/aromatic N) is 1. The molecule has 0 aromatic rings. The van der Waals surface area contributed by atoms with Gasteiger partial charge in [0.25, 0.3) is 0 Å². The second-order valence-corrected chi connectivity index (χ2v) is 6.77. The number of carboxylic acids is 1. The van der Waals surface area contributed by atoms with E-state index in [0.29, 0.717) is 12.5 Å². The highest BCUT2D eigenvalue weighted by molar-refractivity contribution is 5.75. The summed E-state index contributed by atoms with van der Waals surface area (Å²) < 4.78 is 0. The van der Waals surface area contributed by atoms with Gasteiger partial charge in [-0.05, 0) is 50.9 Å². The van der Waals surface area contributed by atoms with Gasteiger partial charge in [-0.3, -0.25) is 4.79 Å². The van der Waals surface area contributed by atoms with Gasteiger partial charge in [0.05, 0.1) is 0 Å². The van der Waals surface area contributed by atoms with Gasteiger partial charge in [0.15, 0.2) is 0 Å². The van der Waals surface area contributed by atoms with E-state index in [1.165, 1.54) is 6.42 Å². The van der Waals surface area contributed by atoms with Crippen molar-refractivity contribution in [3.05, 3.63) is 0 Å². The maximum atomic E-state index is 12.3. The smallest absolute Gasteiger partial charge is 0.317 e. The number of carboxylic acid groups (broad SMARTS) is 1. The zero-order valence-electron chi connectivity index (χ0n) is 12.5. The Morgan fingerprint density at radius 1 is 1.40 bits per heavy atom. The average Bonchev–Trinajstić information content (AvgIpc) is 2.36. The Hall–Kier alpha value is -1.26. The first-order valence-corrected chi connectivity index (χ1v) is 7.68. The highest BCUT2D eigenvalue weighted by Gasteiger charge is 2.36. The number of urea groups is 1. The van der Waals surface area contributed by atoms with Crippen molar-refractivity contribution in [3.8, 4) is 0 Å². The maximum absolute atomic E-state index is 12.3. The lowest BCUT2D eigenvalue weighted by Crippen LogP contribution is -2.56. The van der Waals surface area contributed by atoms with Crippen molar-refractivity contribution in [1.29, 1.82) is 0 Å². The van der Waals surface area contributed by atoms with Crippen molar-refractivity contribution >= 4 is 12.0 Å². The molecular weight excluding hydrogens is 256 g/mol. The molecule has 2 atom stereocenters. The van der Waals surface area contributed by atoms with Gasteiger partial charge in [-0.25, -0.2) is 4.79 Å². The number of hydrogen-bond donors (Lipinski definition) is 2. The van der Waals surface area contributed by atoms with Crippen LogP contribution in [0.1, 0.15) is 52.4 Å². The van der Waals surface area contributed by atoms with Gasteiger partial charge in [-0.15, -0.1) is 0 Å². The lowest BCUT2D eigenvalue weighted by Gasteiger charge is -2.42. The van der Waals surface area contributed by atoms with Crippen LogP contribution in [0.5, 0.6) is 0 Å². The summed E-state index contributed by atoms with van der Waals surface area (Å²) in [7, 11) is 0. The van der Waals surface area contributed by atoms with Crippen LogP contribution >= 0.6 is 0 Å². The summed E-state index contributed by atoms with van der Waals surface area (Å²) in [6.07, 6.45) is 5.50. The summed E-state index contributed by atoms with van der Waals surface area (Å²) in [6, 6.07) is 0.0272. The molecule has 1 aliphatic heterocycles. The van der Waals surface area contributed by atoms with Crippen LogP contribution in [-0.2, 0) is 4.79 Å². The second-order valence-electron chi connectivity index (χ2n) is 6.77. The van der Waals surface area contributed by atoms with Crippen LogP contribution in [0.2, 0.25) is 0 Å². The van der Waals surface area contributed by atoms with Crippen molar-refractivity contribution in [1.82, 2.24) is 10.2 Å². The molecule has 2 aliphatic rings. The molecule has 5 nitrogen and oxygen atoms in total. The lowest BCUT2D eigenvalue weighted by atomic mass is 9.78. The topological polar surface area (TPSA) is 69.6 Å². The number of piperidine rings is 1. The van der Waals surface area contributed by atoms with E-state index in [1.54, 1.807) is 0 Å². The number of rotatable bonds is 4. The van der Waals surface area contributed by atoms with E-state index in [1.807, 2.05) is 11.8 Å². The van der Waals surface area contributed by atoms with Gasteiger partial charge < -0.3 is 15.3 Å². The van der Waals surface area contributed by atoms with Gasteiger partial charge in [-0.2, -0.15) is 0 Å². The molecule has 114 valence electrons. The number of carbonyl (C=O) groups is 2. The first kappa shape index (κ1) is 15.1. The molecule has 2 fully saturated rings. The first-order chi connectivity index (χ1) is 9.39. The quantitative estimate of drug-likeness (QED) is 0.832. The number of aliphatic carboxylic acids is 1. The Labute approximate surface area is 120 Å². The fourth-order valence-electron chi connectivity index (χ4n) is 3.27. The predicted molar refractivity (Wildman–Crippen MR) is 76.5 cm³/mol. The maximum Gasteiger partial charge on any atom is 0.317 e. The fraction of sp³-hybridized carbons (Fsp3) is 0.867. The predicted octanol–water partition coefficient (Wildman–Crippen LogP) is 2.46. The molecule has 0 aromatic heterocycles. The van der Waals surface area contributed by atoms with Gasteiger partial charge >= 0.3 is 12.0 Å². The first-order valence-electron chi connectivity index (χ1n) is 7.68. The van der Waals surface area contributed by atoms with Gasteiger partial charge in [0, 0.05) is 25.0 Å². The summed E-state index contributed by atoms with van der Waals surface area (Å²) in [4.78, 5) is 25.0. The summed E-state index contributed by atoms with van der Waals surface area (Å²) in [6.45, 7) is 5.56. The van der Waals surface area contributed by atoms with Crippen LogP contribution in [0, 0.1) is 11.8 Å². The van der Waals surface area contributed by atoms with Crippen molar-refractivity contribution in [3.63, 3.8) is 0 Å². The van der Waals surface area contributed by atoms with Gasteiger partial charge in [-0.1, -0.05) is 6.92 Å². The standard InChI is InChI=1S/C15H26N2O3/c1-11(9-13(18)19)12-5-3-8-17(10-12)14(20)16-15(2)6-4-7-15/h11-12H,3-10H2,1-2H3,(H,16,20)(H,18,19). The minimum absolute atomic E-state index is 0.0172. The zero-order chi connectivity index (χ0) is 14.8. The Morgan fingerprint density at radius 3 is 2.65 bits per heavy atom. The van der Waals surface area contributed by atoms with E-state index in [0.717, 1.165) is 32.2 Å². The number of amides is 2. The van der Waals surface area contributed by atoms with E-state index in [-0.39, 0.29) is 23.9 Å². The molecule has 0 bridgehead atoms. The van der Waals surface area contributed by atoms with Crippen LogP contribution in [0.25, 0.3) is 0 Å². The van der Waals surface area contributed by atoms with Crippen LogP contribution in [0.3, 0.4) is 0 Å². The van der Waals surface area contributed by atoms with Crippen LogP contribution in [0.15, 0.2) is 0 Å². The third-order valence-corrected chi connectivity index (χ3v) is 4.91. The molecule has 0 spiro atoms. The highest BCUT2D eigenvalue weighted by Crippen LogP contribution is 2.32. The molecule has 2 amide bonds. The fourth-order valence-corrected chi connectivity index (χ4v) is 3.27. The van der Waals surface area contributed by atoms with Crippen LogP contribution in [-0.4, -0.2) is 40.6 Å². The van der Waals surface area contributed by atoms with Crippen molar-refractivity contribution in [2.45, 2.75) is 57.9 Å². The van der Waals surface area contributed by atoms with Crippen molar-refractivity contribution in [2.75, 3.05) is 13.1 Å². The molecule has 1 saturated carbocycles. The summed E-state index contributed by atoms with van der Waals surface area (Å²) in [5, 5.41) is 12.0. The van der Waals surface area contributed by atoms with Crippen LogP contribution < -0.4 is 5.32 Å². The van der Waals surface area contributed by atoms with Gasteiger partial charge in [0.2, 0.25) is 0 Å². The molecule has 5 heteroatoms. The Kier molecular flexibility index (Phi) is 4.55. The molecule has 2 rings (SSSR count). The molecule has 1 heterocycles. The molecule has 0 aromatic carbocycles. The summed E-state index contributed by atoms with van der Waals surface area (Å²) in [5.41, 5.74) is -0.0172. The number of hydrogen-bond acceptors (Lipinski definition) is 2. The minimum atomic E-state index is -0.749. The average molecular weight is 282 g/mol. The third kappa shape index (κ3) is 3.64. The number of carbonyl (C=O) groups excluding carboxylic acids is 1. The minimum Gasteiger partial charge on any atom is -0.481 e. The Bertz CT molecular complexity index is 379. The molecular formula is C15H26N2O3. The lowest BCUT2D eigenvalue weighted by molar-refractivity contribution is -0.138. The molecule has 0 radical (unpaired) electrons. The number of likely N-dealkylation sites (tertiary alicyclic amines) is 1. The Balaban J connectivity index is 1.86. The second kappa shape index (κ2) is 6.02. The summed E-state index contributed by atoms with van der Waals surface area (Å²) >= 11 is 0. The SMILES string of the molecule is CC(CC(=O)O)C1CCCN(C(=O)NC2(C)CCC2)C1. The van der Waals surface area contributed by atoms with Gasteiger partial charge in [0.1, 0.15) is 0 Å². The van der Waals surface area contributed by atoms with E-state index in [9.17, 15) is 9.59 Å². The van der Waals surface area contributed by atoms with E-state index in [2.05, 4.69) is 12.2 Å². The van der Waals surface area contributed by atoms with E-state index >= 15 is 0 Å². The molecule has 2 N–H and O–H groups in total. The molecule has 1 aliphatic carbocycles. The molecule has 1 saturated heterocycles. The van der Waals surface area contributed by atoms with E-state index in [4.69, 9.17) is 5.11 Å². The Morgan fingerprint density at radius 2 is 2.10 bits per heavy atom. The molecule has 2 unspecified atom stereocenters. The molecule has 20 heavy (non-hydrogen) atoms. The van der Waals surface area contributed by atoms with Crippen molar-refractivity contribution < 1.29 is 14.7 Å². The van der Waals surface area contributed by atoms with E-state index < -0.39 is 5.97 Å². The van der Waals surface area contributed by atoms with Crippen molar-refractivity contribution in [2.24, 2.45) is 11.8 Å². The van der Waals surface area contributed by atoms with Crippen LogP contribution in [0.4, 0.5) is 4.79 Å². The normalized spacial score (nSPS) is 26.5. The number of nitrogens with one attached hydrogen (secondary N) is 1. The monoisotopic (exact) mass is 282 g/mol. The summed E-state index contributed by atoms with van der Waals surface area (Å²) in [5.74, 6) is -0.316. The third-order valence-electron chi connectivity index (χ3n) is 4.91.